The van der Waals surface area contributed by atoms with Gasteiger partial charge in [0.05, 0.1) is 5.56 Å². The zero-order valence-corrected chi connectivity index (χ0v) is 9.35. The van der Waals surface area contributed by atoms with Crippen LogP contribution in [-0.4, -0.2) is 15.4 Å². The van der Waals surface area contributed by atoms with E-state index in [0.29, 0.717) is 12.1 Å². The smallest absolute Gasteiger partial charge is 0.287 e. The van der Waals surface area contributed by atoms with Crippen molar-refractivity contribution >= 4 is 17.3 Å². The molecule has 0 aliphatic heterocycles. The molecule has 2 rings (SSSR count). The summed E-state index contributed by atoms with van der Waals surface area (Å²) in [7, 11) is 0. The van der Waals surface area contributed by atoms with Crippen molar-refractivity contribution in [1.82, 2.24) is 9.59 Å². The number of carbonyl (C=O) groups is 1. The van der Waals surface area contributed by atoms with E-state index in [9.17, 15) is 22.4 Å². The third-order valence-corrected chi connectivity index (χ3v) is 2.63. The zero-order chi connectivity index (χ0) is 13.3. The maximum Gasteiger partial charge on any atom is 0.419 e. The van der Waals surface area contributed by atoms with Gasteiger partial charge in [0.2, 0.25) is 5.78 Å². The number of hydrogen-bond donors (Lipinski definition) is 0. The van der Waals surface area contributed by atoms with Gasteiger partial charge in [-0.2, -0.15) is 13.2 Å². The van der Waals surface area contributed by atoms with Gasteiger partial charge in [-0.15, -0.1) is 5.10 Å². The third-order valence-electron chi connectivity index (χ3n) is 2.13. The largest absolute Gasteiger partial charge is 0.419 e. The summed E-state index contributed by atoms with van der Waals surface area (Å²) in [6, 6.07) is 2.05. The van der Waals surface area contributed by atoms with E-state index in [4.69, 9.17) is 0 Å². The Labute approximate surface area is 102 Å². The number of hydrogen-bond acceptors (Lipinski definition) is 4. The molecule has 1 aromatic heterocycles. The molecule has 0 aliphatic rings. The van der Waals surface area contributed by atoms with Crippen LogP contribution in [0.25, 0.3) is 0 Å². The van der Waals surface area contributed by atoms with Gasteiger partial charge < -0.3 is 0 Å². The molecular weight excluding hydrogens is 272 g/mol. The lowest BCUT2D eigenvalue weighted by atomic mass is 10.0. The summed E-state index contributed by atoms with van der Waals surface area (Å²) in [5.41, 5.74) is -1.83. The Morgan fingerprint density at radius 2 is 2.00 bits per heavy atom. The van der Waals surface area contributed by atoms with Crippen LogP contribution in [0.15, 0.2) is 23.6 Å². The van der Waals surface area contributed by atoms with Crippen LogP contribution in [-0.2, 0) is 6.18 Å². The van der Waals surface area contributed by atoms with Gasteiger partial charge in [-0.1, -0.05) is 4.49 Å². The quantitative estimate of drug-likeness (QED) is 0.625. The normalized spacial score (nSPS) is 11.6. The predicted octanol–water partition coefficient (Wildman–Crippen LogP) is 2.93. The minimum absolute atomic E-state index is 0.0697. The predicted molar refractivity (Wildman–Crippen MR) is 54.7 cm³/mol. The molecule has 0 N–H and O–H groups in total. The lowest BCUT2D eigenvalue weighted by Crippen LogP contribution is -2.11. The van der Waals surface area contributed by atoms with Crippen LogP contribution in [0.2, 0.25) is 0 Å². The number of alkyl halides is 3. The summed E-state index contributed by atoms with van der Waals surface area (Å²) in [4.78, 5) is 11.7. The zero-order valence-electron chi connectivity index (χ0n) is 8.53. The van der Waals surface area contributed by atoms with Crippen LogP contribution in [0.1, 0.15) is 21.6 Å². The lowest BCUT2D eigenvalue weighted by molar-refractivity contribution is -0.140. The first-order valence-corrected chi connectivity index (χ1v) is 5.42. The van der Waals surface area contributed by atoms with Crippen molar-refractivity contribution in [1.29, 1.82) is 0 Å². The number of nitrogens with zero attached hydrogens (tertiary/aromatic N) is 2. The van der Waals surface area contributed by atoms with E-state index in [0.717, 1.165) is 17.6 Å². The lowest BCUT2D eigenvalue weighted by Gasteiger charge is -2.08. The highest BCUT2D eigenvalue weighted by Crippen LogP contribution is 2.32. The third kappa shape index (κ3) is 2.37. The minimum atomic E-state index is -4.85. The average Bonchev–Trinajstić information content (AvgIpc) is 2.80. The van der Waals surface area contributed by atoms with Gasteiger partial charge in [0, 0.05) is 10.9 Å². The molecule has 0 aliphatic carbocycles. The molecule has 0 radical (unpaired) electrons. The molecule has 1 heterocycles. The van der Waals surface area contributed by atoms with Gasteiger partial charge >= 0.3 is 6.18 Å². The summed E-state index contributed by atoms with van der Waals surface area (Å²) < 4.78 is 53.8. The molecule has 2 aromatic rings. The maximum atomic E-state index is 13.0. The molecule has 0 unspecified atom stereocenters. The summed E-state index contributed by atoms with van der Waals surface area (Å²) in [5, 5.41) is 4.76. The Morgan fingerprint density at radius 3 is 2.56 bits per heavy atom. The number of benzene rings is 1. The van der Waals surface area contributed by atoms with Crippen molar-refractivity contribution in [2.24, 2.45) is 0 Å². The molecule has 0 atom stereocenters. The summed E-state index contributed by atoms with van der Waals surface area (Å²) in [5.74, 6) is -2.15. The Morgan fingerprint density at radius 1 is 1.28 bits per heavy atom. The summed E-state index contributed by atoms with van der Waals surface area (Å²) in [6.45, 7) is 0. The van der Waals surface area contributed by atoms with E-state index < -0.39 is 23.3 Å². The van der Waals surface area contributed by atoms with E-state index in [-0.39, 0.29) is 11.3 Å². The highest BCUT2D eigenvalue weighted by Gasteiger charge is 2.34. The van der Waals surface area contributed by atoms with E-state index in [1.807, 2.05) is 0 Å². The molecule has 0 amide bonds. The number of ketones is 1. The molecular formula is C10H4F4N2OS. The fourth-order valence-corrected chi connectivity index (χ4v) is 1.73. The van der Waals surface area contributed by atoms with Crippen molar-refractivity contribution in [2.45, 2.75) is 6.18 Å². The van der Waals surface area contributed by atoms with Crippen molar-refractivity contribution in [3.63, 3.8) is 0 Å². The van der Waals surface area contributed by atoms with Crippen molar-refractivity contribution < 1.29 is 22.4 Å². The second-order valence-electron chi connectivity index (χ2n) is 3.31. The molecule has 1 aromatic carbocycles. The van der Waals surface area contributed by atoms with Crippen LogP contribution in [0.5, 0.6) is 0 Å². The number of carbonyl (C=O) groups excluding carboxylic acids is 1. The summed E-state index contributed by atoms with van der Waals surface area (Å²) >= 11 is 0.897. The number of halogens is 4. The van der Waals surface area contributed by atoms with Gasteiger partial charge in [0.25, 0.3) is 0 Å². The first kappa shape index (κ1) is 12.6. The van der Waals surface area contributed by atoms with E-state index in [1.165, 1.54) is 5.38 Å². The fourth-order valence-electron chi connectivity index (χ4n) is 1.30. The van der Waals surface area contributed by atoms with Gasteiger partial charge in [0.15, 0.2) is 0 Å². The van der Waals surface area contributed by atoms with Gasteiger partial charge in [-0.05, 0) is 29.7 Å². The fraction of sp³-hybridized carbons (Fsp3) is 0.100. The maximum absolute atomic E-state index is 13.0. The molecule has 0 bridgehead atoms. The number of rotatable bonds is 2. The van der Waals surface area contributed by atoms with E-state index >= 15 is 0 Å². The Kier molecular flexibility index (Phi) is 3.12. The minimum Gasteiger partial charge on any atom is -0.287 e. The molecule has 3 nitrogen and oxygen atoms in total. The molecule has 0 fully saturated rings. The molecule has 18 heavy (non-hydrogen) atoms. The monoisotopic (exact) mass is 276 g/mol. The van der Waals surface area contributed by atoms with Crippen molar-refractivity contribution in [2.75, 3.05) is 0 Å². The topological polar surface area (TPSA) is 42.9 Å². The van der Waals surface area contributed by atoms with Gasteiger partial charge in [0.1, 0.15) is 11.5 Å². The average molecular weight is 276 g/mol. The Bertz CT molecular complexity index is 580. The molecule has 0 saturated carbocycles. The molecule has 8 heteroatoms. The van der Waals surface area contributed by atoms with E-state index in [1.54, 1.807) is 0 Å². The molecule has 0 spiro atoms. The van der Waals surface area contributed by atoms with Gasteiger partial charge in [-0.25, -0.2) is 4.39 Å². The van der Waals surface area contributed by atoms with Crippen LogP contribution in [0, 0.1) is 5.82 Å². The Balaban J connectivity index is 2.45. The highest BCUT2D eigenvalue weighted by atomic mass is 32.1. The second-order valence-corrected chi connectivity index (χ2v) is 3.92. The molecule has 94 valence electrons. The summed E-state index contributed by atoms with van der Waals surface area (Å²) in [6.07, 6.45) is -4.85. The van der Waals surface area contributed by atoms with Crippen LogP contribution in [0.4, 0.5) is 17.6 Å². The highest BCUT2D eigenvalue weighted by molar-refractivity contribution is 7.03. The van der Waals surface area contributed by atoms with Crippen molar-refractivity contribution in [3.05, 3.63) is 46.2 Å². The standard InChI is InChI=1S/C10H4F4N2OS/c11-7-2-1-5(3-6(7)10(12,13)14)9(17)8-4-18-16-15-8/h1-4H. The number of aromatic nitrogens is 2. The van der Waals surface area contributed by atoms with Crippen LogP contribution in [0.3, 0.4) is 0 Å². The van der Waals surface area contributed by atoms with Gasteiger partial charge in [-0.3, -0.25) is 4.79 Å². The van der Waals surface area contributed by atoms with Crippen LogP contribution >= 0.6 is 11.5 Å². The van der Waals surface area contributed by atoms with E-state index in [2.05, 4.69) is 9.59 Å². The SMILES string of the molecule is O=C(c1ccc(F)c(C(F)(F)F)c1)c1csnn1. The first-order chi connectivity index (χ1) is 8.39. The second kappa shape index (κ2) is 4.45. The molecule has 0 saturated heterocycles. The first-order valence-electron chi connectivity index (χ1n) is 4.58. The van der Waals surface area contributed by atoms with Crippen LogP contribution < -0.4 is 0 Å². The van der Waals surface area contributed by atoms with Crippen molar-refractivity contribution in [3.8, 4) is 0 Å². The Hall–Kier alpha value is -1.83.